The van der Waals surface area contributed by atoms with Gasteiger partial charge in [0.1, 0.15) is 0 Å². The van der Waals surface area contributed by atoms with Crippen LogP contribution in [-0.2, 0) is 14.3 Å². The minimum atomic E-state index is -0.677. The Kier molecular flexibility index (Phi) is 39.7. The number of hydrogen-bond donors (Lipinski definition) is 3. The van der Waals surface area contributed by atoms with Crippen molar-refractivity contribution in [3.8, 4) is 0 Å². The number of ether oxygens (including phenoxy) is 1. The first-order chi connectivity index (χ1) is 24.5. The zero-order chi connectivity index (χ0) is 36.6. The van der Waals surface area contributed by atoms with Crippen LogP contribution < -0.4 is 5.32 Å². The Morgan fingerprint density at radius 3 is 1.22 bits per heavy atom. The number of aliphatic hydroxyl groups is 2. The molecule has 0 radical (unpaired) electrons. The average Bonchev–Trinajstić information content (AvgIpc) is 3.11. The number of carbonyl (C=O) groups is 2. The molecule has 298 valence electrons. The van der Waals surface area contributed by atoms with Crippen LogP contribution in [-0.4, -0.2) is 47.4 Å². The molecule has 0 saturated heterocycles. The SMILES string of the molecule is CCCCCCCCCCCCCCCC(=O)OCCCCCCCCCCCC(=O)NC(CO)C(O)CCCCCCCCCCCCC. The van der Waals surface area contributed by atoms with Gasteiger partial charge in [-0.15, -0.1) is 0 Å². The second-order valence-electron chi connectivity index (χ2n) is 15.4. The van der Waals surface area contributed by atoms with Gasteiger partial charge in [0.15, 0.2) is 0 Å². The largest absolute Gasteiger partial charge is 0.466 e. The molecule has 0 heterocycles. The molecular weight excluding hydrogens is 622 g/mol. The molecule has 6 heteroatoms. The molecule has 0 aromatic carbocycles. The number of aliphatic hydroxyl groups excluding tert-OH is 2. The van der Waals surface area contributed by atoms with Gasteiger partial charge >= 0.3 is 5.97 Å². The Morgan fingerprint density at radius 1 is 0.480 bits per heavy atom. The molecule has 2 atom stereocenters. The van der Waals surface area contributed by atoms with E-state index < -0.39 is 12.1 Å². The third-order valence-electron chi connectivity index (χ3n) is 10.4. The molecule has 50 heavy (non-hydrogen) atoms. The number of nitrogens with one attached hydrogen (secondary N) is 1. The van der Waals surface area contributed by atoms with E-state index in [9.17, 15) is 19.8 Å². The molecule has 3 N–H and O–H groups in total. The molecule has 1 amide bonds. The third-order valence-corrected chi connectivity index (χ3v) is 10.4. The Morgan fingerprint density at radius 2 is 0.820 bits per heavy atom. The van der Waals surface area contributed by atoms with Crippen LogP contribution in [0.25, 0.3) is 0 Å². The van der Waals surface area contributed by atoms with Crippen molar-refractivity contribution in [1.29, 1.82) is 0 Å². The highest BCUT2D eigenvalue weighted by atomic mass is 16.5. The van der Waals surface area contributed by atoms with E-state index in [0.29, 0.717) is 25.9 Å². The molecule has 0 aliphatic rings. The lowest BCUT2D eigenvalue weighted by atomic mass is 10.0. The van der Waals surface area contributed by atoms with Gasteiger partial charge in [-0.05, 0) is 25.7 Å². The minimum Gasteiger partial charge on any atom is -0.466 e. The number of esters is 1. The van der Waals surface area contributed by atoms with Crippen molar-refractivity contribution in [2.45, 2.75) is 257 Å². The van der Waals surface area contributed by atoms with Crippen LogP contribution in [0.15, 0.2) is 0 Å². The molecule has 0 rings (SSSR count). The number of unbranched alkanes of at least 4 members (excludes halogenated alkanes) is 30. The number of rotatable bonds is 41. The first-order valence-electron chi connectivity index (χ1n) is 22.3. The van der Waals surface area contributed by atoms with Crippen molar-refractivity contribution in [2.75, 3.05) is 13.2 Å². The van der Waals surface area contributed by atoms with Gasteiger partial charge in [-0.3, -0.25) is 9.59 Å². The van der Waals surface area contributed by atoms with E-state index in [0.717, 1.165) is 57.8 Å². The maximum Gasteiger partial charge on any atom is 0.305 e. The van der Waals surface area contributed by atoms with Crippen LogP contribution >= 0.6 is 0 Å². The first kappa shape index (κ1) is 48.9. The van der Waals surface area contributed by atoms with Crippen LogP contribution in [0.5, 0.6) is 0 Å². The topological polar surface area (TPSA) is 95.9 Å². The fraction of sp³-hybridized carbons (Fsp3) is 0.955. The minimum absolute atomic E-state index is 0.0237. The van der Waals surface area contributed by atoms with Crippen molar-refractivity contribution in [3.63, 3.8) is 0 Å². The summed E-state index contributed by atoms with van der Waals surface area (Å²) in [5.41, 5.74) is 0. The smallest absolute Gasteiger partial charge is 0.305 e. The van der Waals surface area contributed by atoms with Gasteiger partial charge in [0, 0.05) is 12.8 Å². The van der Waals surface area contributed by atoms with Gasteiger partial charge in [-0.2, -0.15) is 0 Å². The number of hydrogen-bond acceptors (Lipinski definition) is 5. The van der Waals surface area contributed by atoms with Crippen LogP contribution in [0.3, 0.4) is 0 Å². The van der Waals surface area contributed by atoms with Crippen LogP contribution in [0.1, 0.15) is 245 Å². The van der Waals surface area contributed by atoms with E-state index >= 15 is 0 Å². The Labute approximate surface area is 311 Å². The van der Waals surface area contributed by atoms with E-state index in [-0.39, 0.29) is 18.5 Å². The molecule has 2 unspecified atom stereocenters. The van der Waals surface area contributed by atoms with Gasteiger partial charge < -0.3 is 20.3 Å². The second-order valence-corrected chi connectivity index (χ2v) is 15.4. The maximum atomic E-state index is 12.4. The predicted molar refractivity (Wildman–Crippen MR) is 214 cm³/mol. The van der Waals surface area contributed by atoms with E-state index in [1.54, 1.807) is 0 Å². The van der Waals surface area contributed by atoms with Gasteiger partial charge in [-0.1, -0.05) is 206 Å². The molecule has 0 saturated carbocycles. The zero-order valence-corrected chi connectivity index (χ0v) is 33.6. The van der Waals surface area contributed by atoms with Gasteiger partial charge in [0.2, 0.25) is 5.91 Å². The molecule has 0 aliphatic heterocycles. The highest BCUT2D eigenvalue weighted by Crippen LogP contribution is 2.16. The molecule has 0 fully saturated rings. The molecule has 6 nitrogen and oxygen atoms in total. The highest BCUT2D eigenvalue weighted by molar-refractivity contribution is 5.76. The van der Waals surface area contributed by atoms with Crippen LogP contribution in [0.4, 0.5) is 0 Å². The summed E-state index contributed by atoms with van der Waals surface area (Å²) in [6.07, 6.45) is 41.9. The average molecular weight is 710 g/mol. The van der Waals surface area contributed by atoms with Crippen molar-refractivity contribution >= 4 is 11.9 Å². The summed E-state index contributed by atoms with van der Waals surface area (Å²) in [5, 5.41) is 23.1. The fourth-order valence-electron chi connectivity index (χ4n) is 6.93. The van der Waals surface area contributed by atoms with Crippen molar-refractivity contribution in [2.24, 2.45) is 0 Å². The van der Waals surface area contributed by atoms with Crippen LogP contribution in [0.2, 0.25) is 0 Å². The van der Waals surface area contributed by atoms with Crippen molar-refractivity contribution in [1.82, 2.24) is 5.32 Å². The van der Waals surface area contributed by atoms with E-state index in [4.69, 9.17) is 4.74 Å². The molecular formula is C44H87NO5. The Hall–Kier alpha value is -1.14. The highest BCUT2D eigenvalue weighted by Gasteiger charge is 2.20. The summed E-state index contributed by atoms with van der Waals surface area (Å²) in [7, 11) is 0. The molecule has 0 spiro atoms. The molecule has 0 aromatic rings. The Bertz CT molecular complexity index is 702. The summed E-state index contributed by atoms with van der Waals surface area (Å²) in [5.74, 6) is -0.0866. The lowest BCUT2D eigenvalue weighted by Gasteiger charge is -2.22. The number of carbonyl (C=O) groups excluding carboxylic acids is 2. The Balaban J connectivity index is 3.48. The summed E-state index contributed by atoms with van der Waals surface area (Å²) in [6, 6.07) is -0.557. The van der Waals surface area contributed by atoms with Gasteiger partial charge in [0.05, 0.1) is 25.4 Å². The lowest BCUT2D eigenvalue weighted by molar-refractivity contribution is -0.143. The predicted octanol–water partition coefficient (Wildman–Crippen LogP) is 12.5. The van der Waals surface area contributed by atoms with Crippen molar-refractivity contribution in [3.05, 3.63) is 0 Å². The summed E-state index contributed by atoms with van der Waals surface area (Å²) in [4.78, 5) is 24.4. The van der Waals surface area contributed by atoms with Gasteiger partial charge in [0.25, 0.3) is 0 Å². The van der Waals surface area contributed by atoms with E-state index in [1.165, 1.54) is 154 Å². The maximum absolute atomic E-state index is 12.4. The lowest BCUT2D eigenvalue weighted by Crippen LogP contribution is -2.45. The standard InChI is InChI=1S/C44H87NO5/c1-3-5-7-9-11-13-15-16-18-22-26-30-34-38-44(49)50-39-35-31-27-23-19-21-25-29-33-37-43(48)45-41(40-46)42(47)36-32-28-24-20-17-14-12-10-8-6-4-2/h41-42,46-47H,3-40H2,1-2H3,(H,45,48). The molecule has 0 bridgehead atoms. The van der Waals surface area contributed by atoms with E-state index in [2.05, 4.69) is 19.2 Å². The quantitative estimate of drug-likeness (QED) is 0.0434. The summed E-state index contributed by atoms with van der Waals surface area (Å²) < 4.78 is 5.43. The summed E-state index contributed by atoms with van der Waals surface area (Å²) in [6.45, 7) is 4.88. The normalized spacial score (nSPS) is 12.6. The second kappa shape index (κ2) is 40.6. The van der Waals surface area contributed by atoms with Crippen molar-refractivity contribution < 1.29 is 24.5 Å². The zero-order valence-electron chi connectivity index (χ0n) is 33.6. The fourth-order valence-corrected chi connectivity index (χ4v) is 6.93. The third kappa shape index (κ3) is 36.6. The number of amides is 1. The van der Waals surface area contributed by atoms with Crippen LogP contribution in [0, 0.1) is 0 Å². The molecule has 0 aromatic heterocycles. The van der Waals surface area contributed by atoms with Gasteiger partial charge in [-0.25, -0.2) is 0 Å². The summed E-state index contributed by atoms with van der Waals surface area (Å²) >= 11 is 0. The first-order valence-corrected chi connectivity index (χ1v) is 22.3. The monoisotopic (exact) mass is 710 g/mol. The molecule has 0 aliphatic carbocycles. The van der Waals surface area contributed by atoms with E-state index in [1.807, 2.05) is 0 Å².